The largest absolute Gasteiger partial charge is 0.472 e. The monoisotopic (exact) mass is 1030 g/mol. The van der Waals surface area contributed by atoms with Crippen LogP contribution in [0, 0.1) is 0 Å². The fourth-order valence-corrected chi connectivity index (χ4v) is 10.2. The van der Waals surface area contributed by atoms with Gasteiger partial charge in [-0.15, -0.1) is 0 Å². The van der Waals surface area contributed by atoms with Crippen molar-refractivity contribution in [1.82, 2.24) is 0 Å². The topological polar surface area (TPSA) is 91.3 Å². The highest BCUT2D eigenvalue weighted by Crippen LogP contribution is 2.43. The maximum absolute atomic E-state index is 12.8. The summed E-state index contributed by atoms with van der Waals surface area (Å²) in [6, 6.07) is 0. The Morgan fingerprint density at radius 3 is 1.07 bits per heavy atom. The highest BCUT2D eigenvalue weighted by molar-refractivity contribution is 7.47. The average Bonchev–Trinajstić information content (AvgIpc) is 3.33. The van der Waals surface area contributed by atoms with E-state index in [0.717, 1.165) is 32.1 Å². The number of phosphoric ester groups is 1. The van der Waals surface area contributed by atoms with Gasteiger partial charge in [-0.25, -0.2) is 4.57 Å². The van der Waals surface area contributed by atoms with Crippen LogP contribution in [0.25, 0.3) is 0 Å². The summed E-state index contributed by atoms with van der Waals surface area (Å²) < 4.78 is 35.4. The van der Waals surface area contributed by atoms with Crippen LogP contribution >= 0.6 is 7.82 Å². The van der Waals surface area contributed by atoms with Crippen molar-refractivity contribution in [2.75, 3.05) is 54.1 Å². The number of likely N-dealkylation sites (N-methyl/N-ethyl adjacent to an activating group) is 1. The van der Waals surface area contributed by atoms with E-state index in [0.29, 0.717) is 24.1 Å². The molecule has 0 aliphatic rings. The molecule has 0 aromatic rings. The molecule has 0 aliphatic heterocycles. The lowest BCUT2D eigenvalue weighted by Gasteiger charge is -2.24. The van der Waals surface area contributed by atoms with Crippen molar-refractivity contribution in [2.24, 2.45) is 0 Å². The van der Waals surface area contributed by atoms with Gasteiger partial charge in [-0.05, 0) is 38.5 Å². The molecule has 2 unspecified atom stereocenters. The Labute approximate surface area is 443 Å². The van der Waals surface area contributed by atoms with Gasteiger partial charge >= 0.3 is 13.8 Å². The van der Waals surface area contributed by atoms with Gasteiger partial charge in [-0.1, -0.05) is 289 Å². The molecular formula is C62H125NO7P+. The first-order chi connectivity index (χ1) is 34.6. The Morgan fingerprint density at radius 1 is 0.423 bits per heavy atom. The van der Waals surface area contributed by atoms with E-state index in [4.69, 9.17) is 18.5 Å². The van der Waals surface area contributed by atoms with Crippen molar-refractivity contribution < 1.29 is 37.3 Å². The molecule has 0 aromatic carbocycles. The molecule has 8 nitrogen and oxygen atoms in total. The molecule has 2 atom stereocenters. The molecule has 0 heterocycles. The Hall–Kier alpha value is -0.760. The molecule has 0 spiro atoms. The summed E-state index contributed by atoms with van der Waals surface area (Å²) in [5, 5.41) is 0. The van der Waals surface area contributed by atoms with Gasteiger partial charge in [0.25, 0.3) is 0 Å². The molecule has 0 aromatic heterocycles. The molecular weight excluding hydrogens is 902 g/mol. The van der Waals surface area contributed by atoms with Crippen LogP contribution in [-0.4, -0.2) is 75.6 Å². The standard InChI is InChI=1S/C62H124NO7P/c1-6-8-10-12-14-16-18-20-22-24-26-28-30-32-33-35-37-39-41-43-45-47-49-51-53-55-62(64)70-61(60-69-71(65,66)68-58-56-63(3,4)5)59-67-57-54-52-50-48-46-44-42-40-38-36-34-31-29-27-25-23-21-19-17-15-13-11-9-7-2/h25,27,61H,6-24,26,28-60H2,1-5H3/p+1/b27-25-. The zero-order valence-electron chi connectivity index (χ0n) is 48.5. The van der Waals surface area contributed by atoms with E-state index < -0.39 is 13.9 Å². The van der Waals surface area contributed by atoms with E-state index >= 15 is 0 Å². The third-order valence-corrected chi connectivity index (χ3v) is 15.3. The number of hydrogen-bond acceptors (Lipinski definition) is 6. The molecule has 0 saturated carbocycles. The molecule has 0 bridgehead atoms. The number of ether oxygens (including phenoxy) is 2. The van der Waals surface area contributed by atoms with Crippen LogP contribution in [0.2, 0.25) is 0 Å². The molecule has 0 aliphatic carbocycles. The Kier molecular flexibility index (Phi) is 54.9. The van der Waals surface area contributed by atoms with Gasteiger partial charge in [0.2, 0.25) is 0 Å². The molecule has 9 heteroatoms. The number of rotatable bonds is 60. The van der Waals surface area contributed by atoms with Gasteiger partial charge < -0.3 is 18.9 Å². The first-order valence-corrected chi connectivity index (χ1v) is 32.9. The first kappa shape index (κ1) is 70.2. The third kappa shape index (κ3) is 60.0. The minimum absolute atomic E-state index is 0.0928. The van der Waals surface area contributed by atoms with Crippen LogP contribution in [0.15, 0.2) is 12.2 Å². The molecule has 71 heavy (non-hydrogen) atoms. The number of allylic oxidation sites excluding steroid dienone is 2. The zero-order valence-corrected chi connectivity index (χ0v) is 49.4. The lowest BCUT2D eigenvalue weighted by atomic mass is 10.0. The number of carbonyl (C=O) groups excluding carboxylic acids is 1. The van der Waals surface area contributed by atoms with Crippen LogP contribution < -0.4 is 0 Å². The lowest BCUT2D eigenvalue weighted by molar-refractivity contribution is -0.870. The van der Waals surface area contributed by atoms with Crippen LogP contribution in [0.1, 0.15) is 322 Å². The van der Waals surface area contributed by atoms with E-state index in [2.05, 4.69) is 26.0 Å². The van der Waals surface area contributed by atoms with Crippen molar-refractivity contribution in [3.63, 3.8) is 0 Å². The molecule has 0 rings (SSSR count). The lowest BCUT2D eigenvalue weighted by Crippen LogP contribution is -2.37. The predicted molar refractivity (Wildman–Crippen MR) is 307 cm³/mol. The fourth-order valence-electron chi connectivity index (χ4n) is 9.49. The van der Waals surface area contributed by atoms with Crippen LogP contribution in [0.3, 0.4) is 0 Å². The SMILES string of the molecule is CCCCCCCCCC/C=C\CCCCCCCCCCCCCCOCC(COP(=O)(O)OCC[N+](C)(C)C)OC(=O)CCCCCCCCCCCCCCCCCCCCCCCCCCC. The molecule has 0 fully saturated rings. The summed E-state index contributed by atoms with van der Waals surface area (Å²) in [6.07, 6.45) is 67.2. The van der Waals surface area contributed by atoms with E-state index in [1.165, 1.54) is 270 Å². The Bertz CT molecular complexity index is 1150. The molecule has 424 valence electrons. The maximum Gasteiger partial charge on any atom is 0.472 e. The van der Waals surface area contributed by atoms with E-state index in [1.54, 1.807) is 0 Å². The van der Waals surface area contributed by atoms with Crippen LogP contribution in [-0.2, 0) is 27.9 Å². The second-order valence-corrected chi connectivity index (χ2v) is 24.3. The predicted octanol–water partition coefficient (Wildman–Crippen LogP) is 20.1. The molecule has 0 saturated heterocycles. The summed E-state index contributed by atoms with van der Waals surface area (Å²) in [5.74, 6) is -0.303. The van der Waals surface area contributed by atoms with E-state index in [9.17, 15) is 14.3 Å². The van der Waals surface area contributed by atoms with Gasteiger partial charge in [0.05, 0.1) is 34.4 Å². The summed E-state index contributed by atoms with van der Waals surface area (Å²) >= 11 is 0. The van der Waals surface area contributed by atoms with Crippen molar-refractivity contribution in [3.8, 4) is 0 Å². The number of esters is 1. The van der Waals surface area contributed by atoms with Gasteiger partial charge in [0, 0.05) is 13.0 Å². The van der Waals surface area contributed by atoms with E-state index in [-0.39, 0.29) is 25.8 Å². The normalized spacial score (nSPS) is 13.4. The van der Waals surface area contributed by atoms with Gasteiger partial charge in [0.15, 0.2) is 0 Å². The third-order valence-electron chi connectivity index (χ3n) is 14.3. The van der Waals surface area contributed by atoms with Gasteiger partial charge in [-0.2, -0.15) is 0 Å². The average molecular weight is 1030 g/mol. The smallest absolute Gasteiger partial charge is 0.457 e. The minimum atomic E-state index is -4.28. The summed E-state index contributed by atoms with van der Waals surface area (Å²) in [6.45, 7) is 5.71. The summed E-state index contributed by atoms with van der Waals surface area (Å²) in [7, 11) is 1.69. The fraction of sp³-hybridized carbons (Fsp3) is 0.952. The number of phosphoric acid groups is 1. The number of carbonyl (C=O) groups is 1. The first-order valence-electron chi connectivity index (χ1n) is 31.4. The van der Waals surface area contributed by atoms with E-state index in [1.807, 2.05) is 21.1 Å². The minimum Gasteiger partial charge on any atom is -0.457 e. The van der Waals surface area contributed by atoms with Gasteiger partial charge in [0.1, 0.15) is 19.3 Å². The number of quaternary nitrogens is 1. The number of hydrogen-bond donors (Lipinski definition) is 1. The second kappa shape index (κ2) is 55.5. The summed E-state index contributed by atoms with van der Waals surface area (Å²) in [4.78, 5) is 23.1. The highest BCUT2D eigenvalue weighted by Gasteiger charge is 2.26. The maximum atomic E-state index is 12.8. The Balaban J connectivity index is 3.98. The zero-order chi connectivity index (χ0) is 51.9. The molecule has 0 amide bonds. The highest BCUT2D eigenvalue weighted by atomic mass is 31.2. The molecule has 0 radical (unpaired) electrons. The van der Waals surface area contributed by atoms with Gasteiger partial charge in [-0.3, -0.25) is 13.8 Å². The summed E-state index contributed by atoms with van der Waals surface area (Å²) in [5.41, 5.74) is 0. The van der Waals surface area contributed by atoms with Crippen LogP contribution in [0.4, 0.5) is 0 Å². The van der Waals surface area contributed by atoms with Crippen molar-refractivity contribution in [3.05, 3.63) is 12.2 Å². The Morgan fingerprint density at radius 2 is 0.732 bits per heavy atom. The van der Waals surface area contributed by atoms with Crippen molar-refractivity contribution >= 4 is 13.8 Å². The van der Waals surface area contributed by atoms with Crippen molar-refractivity contribution in [2.45, 2.75) is 328 Å². The van der Waals surface area contributed by atoms with Crippen molar-refractivity contribution in [1.29, 1.82) is 0 Å². The van der Waals surface area contributed by atoms with Crippen LogP contribution in [0.5, 0.6) is 0 Å². The molecule has 1 N–H and O–H groups in total. The number of nitrogens with zero attached hydrogens (tertiary/aromatic N) is 1. The number of unbranched alkanes of at least 4 members (excludes halogenated alkanes) is 44. The second-order valence-electron chi connectivity index (χ2n) is 22.8. The quantitative estimate of drug-likeness (QED) is 0.0213.